The van der Waals surface area contributed by atoms with Gasteiger partial charge in [-0.1, -0.05) is 6.08 Å². The van der Waals surface area contributed by atoms with Gasteiger partial charge < -0.3 is 10.5 Å². The zero-order chi connectivity index (χ0) is 8.97. The maximum Gasteiger partial charge on any atom is 0.114 e. The van der Waals surface area contributed by atoms with Crippen LogP contribution in [-0.2, 0) is 4.74 Å². The molecule has 0 aliphatic heterocycles. The van der Waals surface area contributed by atoms with Gasteiger partial charge in [0.15, 0.2) is 0 Å². The molecular formula is C10H17NO. The van der Waals surface area contributed by atoms with Gasteiger partial charge in [0, 0.05) is 6.04 Å². The van der Waals surface area contributed by atoms with E-state index in [0.717, 1.165) is 18.6 Å². The number of hydrogen-bond donors (Lipinski definition) is 1. The fraction of sp³-hybridized carbons (Fsp3) is 0.600. The molecule has 2 unspecified atom stereocenters. The summed E-state index contributed by atoms with van der Waals surface area (Å²) < 4.78 is 5.09. The lowest BCUT2D eigenvalue weighted by atomic mass is 10.3. The maximum absolute atomic E-state index is 5.70. The topological polar surface area (TPSA) is 35.2 Å². The molecule has 0 aromatic rings. The monoisotopic (exact) mass is 173 g/mol. The highest BCUT2D eigenvalue weighted by molar-refractivity contribution is 5.18. The summed E-state index contributed by atoms with van der Waals surface area (Å²) in [5.74, 6) is 1.57. The van der Waals surface area contributed by atoms with Crippen molar-refractivity contribution >= 4 is 0 Å². The quantitative estimate of drug-likeness (QED) is 0.661. The Balaban J connectivity index is 2.38. The fourth-order valence-corrected chi connectivity index (χ4v) is 1.45. The molecule has 2 atom stereocenters. The van der Waals surface area contributed by atoms with E-state index in [4.69, 9.17) is 10.5 Å². The van der Waals surface area contributed by atoms with E-state index >= 15 is 0 Å². The molecule has 0 fully saturated rings. The lowest BCUT2D eigenvalue weighted by Gasteiger charge is -2.17. The van der Waals surface area contributed by atoms with Crippen LogP contribution < -0.4 is 5.73 Å². The molecule has 0 aromatic carbocycles. The van der Waals surface area contributed by atoms with E-state index in [0.29, 0.717) is 5.92 Å². The van der Waals surface area contributed by atoms with Crippen molar-refractivity contribution in [1.82, 2.24) is 0 Å². The summed E-state index contributed by atoms with van der Waals surface area (Å²) in [7, 11) is 1.70. The molecule has 0 spiro atoms. The van der Waals surface area contributed by atoms with Crippen molar-refractivity contribution in [3.05, 3.63) is 24.0 Å². The maximum atomic E-state index is 5.70. The SMILES string of the molecule is CO[13C]1=[13CH][13CH2][13CH](CC(C)N)[13CH]=[13CH]1. The molecule has 0 bridgehead atoms. The van der Waals surface area contributed by atoms with Gasteiger partial charge >= 0.3 is 0 Å². The molecule has 0 amide bonds. The number of rotatable bonds is 3. The molecule has 68 valence electrons. The lowest BCUT2D eigenvalue weighted by Crippen LogP contribution is -2.19. The Morgan fingerprint density at radius 1 is 1.75 bits per heavy atom. The van der Waals surface area contributed by atoms with Gasteiger partial charge in [0.25, 0.3) is 0 Å². The molecule has 1 aliphatic carbocycles. The van der Waals surface area contributed by atoms with E-state index in [1.165, 1.54) is 0 Å². The average Bonchev–Trinajstić information content (AvgIpc) is 2.05. The zero-order valence-electron chi connectivity index (χ0n) is 7.79. The third-order valence-electron chi connectivity index (χ3n) is 2.06. The first-order chi connectivity index (χ1) is 5.72. The van der Waals surface area contributed by atoms with Gasteiger partial charge in [-0.3, -0.25) is 0 Å². The predicted octanol–water partition coefficient (Wildman–Crippen LogP) is 1.83. The summed E-state index contributed by atoms with van der Waals surface area (Å²) in [5.41, 5.74) is 5.70. The molecule has 0 saturated heterocycles. The normalized spacial score (nSPS) is 24.9. The van der Waals surface area contributed by atoms with Gasteiger partial charge in [0.05, 0.1) is 7.11 Å². The minimum Gasteiger partial charge on any atom is -0.497 e. The Morgan fingerprint density at radius 3 is 2.92 bits per heavy atom. The second-order valence-electron chi connectivity index (χ2n) is 3.38. The summed E-state index contributed by atoms with van der Waals surface area (Å²) in [4.78, 5) is 0. The third-order valence-corrected chi connectivity index (χ3v) is 2.06. The first-order valence-corrected chi connectivity index (χ1v) is 4.40. The van der Waals surface area contributed by atoms with Crippen LogP contribution in [0.1, 0.15) is 19.8 Å². The highest BCUT2D eigenvalue weighted by atomic mass is 16.5. The number of nitrogens with two attached hydrogens (primary N) is 1. The van der Waals surface area contributed by atoms with Crippen molar-refractivity contribution in [1.29, 1.82) is 0 Å². The van der Waals surface area contributed by atoms with Gasteiger partial charge in [-0.05, 0) is 37.8 Å². The van der Waals surface area contributed by atoms with Crippen LogP contribution in [0, 0.1) is 5.92 Å². The van der Waals surface area contributed by atoms with Crippen molar-refractivity contribution < 1.29 is 4.74 Å². The minimum atomic E-state index is 0.289. The van der Waals surface area contributed by atoms with E-state index in [1.807, 2.05) is 13.0 Å². The van der Waals surface area contributed by atoms with Crippen LogP contribution in [0.15, 0.2) is 24.0 Å². The van der Waals surface area contributed by atoms with E-state index < -0.39 is 0 Å². The summed E-state index contributed by atoms with van der Waals surface area (Å²) in [6.45, 7) is 2.05. The largest absolute Gasteiger partial charge is 0.497 e. The van der Waals surface area contributed by atoms with Crippen LogP contribution in [0.25, 0.3) is 0 Å². The minimum absolute atomic E-state index is 0.289. The van der Waals surface area contributed by atoms with Crippen LogP contribution in [0.5, 0.6) is 0 Å². The zero-order valence-corrected chi connectivity index (χ0v) is 7.79. The third kappa shape index (κ3) is 2.70. The van der Waals surface area contributed by atoms with Crippen molar-refractivity contribution in [3.63, 3.8) is 0 Å². The summed E-state index contributed by atoms with van der Waals surface area (Å²) in [6, 6.07) is 0.289. The second-order valence-corrected chi connectivity index (χ2v) is 3.38. The summed E-state index contributed by atoms with van der Waals surface area (Å²) >= 11 is 0. The fourth-order valence-electron chi connectivity index (χ4n) is 1.45. The first kappa shape index (κ1) is 9.33. The van der Waals surface area contributed by atoms with Gasteiger partial charge in [-0.25, -0.2) is 0 Å². The first-order valence-electron chi connectivity index (χ1n) is 4.40. The lowest BCUT2D eigenvalue weighted by molar-refractivity contribution is 0.300. The molecule has 12 heavy (non-hydrogen) atoms. The van der Waals surface area contributed by atoms with Crippen LogP contribution in [0.2, 0.25) is 0 Å². The highest BCUT2D eigenvalue weighted by Crippen LogP contribution is 2.20. The molecule has 0 heterocycles. The predicted molar refractivity (Wildman–Crippen MR) is 50.6 cm³/mol. The van der Waals surface area contributed by atoms with Crippen molar-refractivity contribution in [2.24, 2.45) is 11.7 Å². The smallest absolute Gasteiger partial charge is 0.114 e. The van der Waals surface area contributed by atoms with E-state index in [2.05, 4.69) is 12.2 Å². The Hall–Kier alpha value is -0.760. The van der Waals surface area contributed by atoms with Crippen molar-refractivity contribution in [3.8, 4) is 0 Å². The van der Waals surface area contributed by atoms with E-state index in [9.17, 15) is 0 Å². The second kappa shape index (κ2) is 4.31. The molecule has 0 saturated carbocycles. The standard InChI is InChI=1S/C10H17NO/c1-8(11)7-9-3-5-10(12-2)6-4-9/h3,5-6,8-9H,4,7,11H2,1-2H3/i3+1,4+1,5+1,6+1,9+1,10+1. The molecule has 0 aromatic heterocycles. The molecular weight excluding hydrogens is 156 g/mol. The molecule has 2 heteroatoms. The van der Waals surface area contributed by atoms with Crippen molar-refractivity contribution in [2.45, 2.75) is 25.8 Å². The number of methoxy groups -OCH3 is 1. The Kier molecular flexibility index (Phi) is 3.35. The van der Waals surface area contributed by atoms with Crippen LogP contribution >= 0.6 is 0 Å². The molecule has 1 aliphatic rings. The van der Waals surface area contributed by atoms with Gasteiger partial charge in [0.1, 0.15) is 5.76 Å². The summed E-state index contributed by atoms with van der Waals surface area (Å²) in [5, 5.41) is 0. The Labute approximate surface area is 74.1 Å². The van der Waals surface area contributed by atoms with Crippen LogP contribution in [0.4, 0.5) is 0 Å². The molecule has 2 N–H and O–H groups in total. The number of hydrogen-bond acceptors (Lipinski definition) is 2. The van der Waals surface area contributed by atoms with Gasteiger partial charge in [0.2, 0.25) is 0 Å². The van der Waals surface area contributed by atoms with Crippen LogP contribution in [0.3, 0.4) is 0 Å². The van der Waals surface area contributed by atoms with E-state index in [-0.39, 0.29) is 6.04 Å². The molecule has 0 radical (unpaired) electrons. The van der Waals surface area contributed by atoms with E-state index in [1.54, 1.807) is 7.11 Å². The van der Waals surface area contributed by atoms with Crippen molar-refractivity contribution in [2.75, 3.05) is 7.11 Å². The van der Waals surface area contributed by atoms with Crippen LogP contribution in [-0.4, -0.2) is 13.2 Å². The summed E-state index contributed by atoms with van der Waals surface area (Å²) in [6.07, 6.45) is 8.44. The van der Waals surface area contributed by atoms with Gasteiger partial charge in [-0.15, -0.1) is 0 Å². The molecule has 2 nitrogen and oxygen atoms in total. The average molecular weight is 173 g/mol. The number of ether oxygens (including phenoxy) is 1. The number of allylic oxidation sites excluding steroid dienone is 3. The highest BCUT2D eigenvalue weighted by Gasteiger charge is 2.10. The Morgan fingerprint density at radius 2 is 2.50 bits per heavy atom. The Bertz CT molecular complexity index is 194. The molecule has 1 rings (SSSR count). The van der Waals surface area contributed by atoms with Gasteiger partial charge in [-0.2, -0.15) is 0 Å².